The van der Waals surface area contributed by atoms with Crippen molar-refractivity contribution in [1.82, 2.24) is 14.7 Å². The monoisotopic (exact) mass is 293 g/mol. The number of likely N-dealkylation sites (tertiary alicyclic amines) is 1. The van der Waals surface area contributed by atoms with Crippen LogP contribution >= 0.6 is 0 Å². The predicted molar refractivity (Wildman–Crippen MR) is 77.7 cm³/mol. The summed E-state index contributed by atoms with van der Waals surface area (Å²) in [5.41, 5.74) is 0.813. The first-order valence-corrected chi connectivity index (χ1v) is 7.52. The molecule has 2 unspecified atom stereocenters. The number of carboxylic acids is 1. The molecule has 6 heteroatoms. The van der Waals surface area contributed by atoms with Gasteiger partial charge in [-0.3, -0.25) is 14.3 Å². The SMILES string of the molecule is CCN1C(=O)CCCC(C(=O)O)C1c1cnn(C(C)C)c1. The molecule has 0 spiro atoms. The number of hydrogen-bond donors (Lipinski definition) is 1. The van der Waals surface area contributed by atoms with Crippen molar-refractivity contribution in [2.24, 2.45) is 5.92 Å². The lowest BCUT2D eigenvalue weighted by atomic mass is 9.91. The van der Waals surface area contributed by atoms with Gasteiger partial charge in [0.25, 0.3) is 0 Å². The second kappa shape index (κ2) is 6.28. The summed E-state index contributed by atoms with van der Waals surface area (Å²) in [4.78, 5) is 25.6. The highest BCUT2D eigenvalue weighted by Crippen LogP contribution is 2.35. The maximum atomic E-state index is 12.2. The maximum absolute atomic E-state index is 12.2. The van der Waals surface area contributed by atoms with Crippen LogP contribution in [-0.2, 0) is 9.59 Å². The van der Waals surface area contributed by atoms with Crippen molar-refractivity contribution in [3.8, 4) is 0 Å². The summed E-state index contributed by atoms with van der Waals surface area (Å²) in [5.74, 6) is -1.38. The number of hydrogen-bond acceptors (Lipinski definition) is 3. The van der Waals surface area contributed by atoms with Crippen LogP contribution in [0.4, 0.5) is 0 Å². The van der Waals surface area contributed by atoms with Crippen LogP contribution in [-0.4, -0.2) is 38.2 Å². The zero-order valence-electron chi connectivity index (χ0n) is 12.8. The van der Waals surface area contributed by atoms with E-state index in [-0.39, 0.29) is 11.9 Å². The van der Waals surface area contributed by atoms with Crippen LogP contribution in [0.1, 0.15) is 57.7 Å². The Morgan fingerprint density at radius 3 is 2.76 bits per heavy atom. The lowest BCUT2D eigenvalue weighted by molar-refractivity contribution is -0.146. The number of amides is 1. The molecule has 0 aromatic carbocycles. The van der Waals surface area contributed by atoms with Gasteiger partial charge in [-0.1, -0.05) is 0 Å². The summed E-state index contributed by atoms with van der Waals surface area (Å²) < 4.78 is 1.80. The van der Waals surface area contributed by atoms with Crippen LogP contribution in [0.5, 0.6) is 0 Å². The summed E-state index contributed by atoms with van der Waals surface area (Å²) in [7, 11) is 0. The number of carbonyl (C=O) groups excluding carboxylic acids is 1. The molecule has 0 saturated carbocycles. The summed E-state index contributed by atoms with van der Waals surface area (Å²) in [6.45, 7) is 6.44. The average Bonchev–Trinajstić information content (AvgIpc) is 2.84. The Morgan fingerprint density at radius 2 is 2.24 bits per heavy atom. The Kier molecular flexibility index (Phi) is 4.65. The second-order valence-corrected chi connectivity index (χ2v) is 5.81. The molecule has 0 radical (unpaired) electrons. The van der Waals surface area contributed by atoms with Crippen molar-refractivity contribution in [3.63, 3.8) is 0 Å². The Labute approximate surface area is 124 Å². The lowest BCUT2D eigenvalue weighted by Gasteiger charge is -2.32. The smallest absolute Gasteiger partial charge is 0.308 e. The van der Waals surface area contributed by atoms with E-state index in [0.717, 1.165) is 5.56 Å². The molecule has 0 bridgehead atoms. The van der Waals surface area contributed by atoms with Crippen LogP contribution in [0.2, 0.25) is 0 Å². The van der Waals surface area contributed by atoms with Crippen molar-refractivity contribution in [3.05, 3.63) is 18.0 Å². The minimum absolute atomic E-state index is 0.0311. The third-order valence-corrected chi connectivity index (χ3v) is 4.09. The lowest BCUT2D eigenvalue weighted by Crippen LogP contribution is -2.38. The summed E-state index contributed by atoms with van der Waals surface area (Å²) in [6.07, 6.45) is 5.14. The van der Waals surface area contributed by atoms with E-state index >= 15 is 0 Å². The number of nitrogens with zero attached hydrogens (tertiary/aromatic N) is 3. The molecule has 2 heterocycles. The molecule has 116 valence electrons. The third kappa shape index (κ3) is 3.09. The van der Waals surface area contributed by atoms with Gasteiger partial charge in [0.05, 0.1) is 18.2 Å². The van der Waals surface area contributed by atoms with Gasteiger partial charge in [-0.15, -0.1) is 0 Å². The van der Waals surface area contributed by atoms with Crippen molar-refractivity contribution in [2.75, 3.05) is 6.54 Å². The summed E-state index contributed by atoms with van der Waals surface area (Å²) in [5, 5.41) is 13.8. The standard InChI is InChI=1S/C15H23N3O3/c1-4-17-13(19)7-5-6-12(15(20)21)14(17)11-8-16-18(9-11)10(2)3/h8-10,12,14H,4-7H2,1-3H3,(H,20,21). The van der Waals surface area contributed by atoms with Crippen LogP contribution in [0.15, 0.2) is 12.4 Å². The number of rotatable bonds is 4. The quantitative estimate of drug-likeness (QED) is 0.923. The molecule has 0 aliphatic carbocycles. The molecule has 1 aromatic rings. The molecular formula is C15H23N3O3. The molecule has 1 amide bonds. The Balaban J connectivity index is 2.43. The van der Waals surface area contributed by atoms with Gasteiger partial charge in [0.1, 0.15) is 0 Å². The summed E-state index contributed by atoms with van der Waals surface area (Å²) >= 11 is 0. The molecule has 2 atom stereocenters. The molecule has 1 aliphatic heterocycles. The molecule has 1 aromatic heterocycles. The molecule has 1 N–H and O–H groups in total. The molecule has 1 aliphatic rings. The van der Waals surface area contributed by atoms with E-state index in [1.54, 1.807) is 15.8 Å². The van der Waals surface area contributed by atoms with Crippen molar-refractivity contribution in [2.45, 2.75) is 52.1 Å². The maximum Gasteiger partial charge on any atom is 0.308 e. The molecule has 1 fully saturated rings. The third-order valence-electron chi connectivity index (χ3n) is 4.09. The van der Waals surface area contributed by atoms with Gasteiger partial charge in [-0.2, -0.15) is 5.10 Å². The number of aliphatic carboxylic acids is 1. The number of aromatic nitrogens is 2. The molecule has 6 nitrogen and oxygen atoms in total. The van der Waals surface area contributed by atoms with Crippen molar-refractivity contribution in [1.29, 1.82) is 0 Å². The molecule has 2 rings (SSSR count). The van der Waals surface area contributed by atoms with E-state index < -0.39 is 17.9 Å². The normalized spacial score (nSPS) is 23.4. The van der Waals surface area contributed by atoms with Crippen LogP contribution < -0.4 is 0 Å². The average molecular weight is 293 g/mol. The fraction of sp³-hybridized carbons (Fsp3) is 0.667. The fourth-order valence-electron chi connectivity index (χ4n) is 2.98. The topological polar surface area (TPSA) is 75.4 Å². The van der Waals surface area contributed by atoms with Gasteiger partial charge in [-0.25, -0.2) is 0 Å². The van der Waals surface area contributed by atoms with E-state index in [4.69, 9.17) is 0 Å². The minimum atomic E-state index is -0.842. The molecular weight excluding hydrogens is 270 g/mol. The van der Waals surface area contributed by atoms with Gasteiger partial charge >= 0.3 is 5.97 Å². The van der Waals surface area contributed by atoms with Crippen molar-refractivity contribution >= 4 is 11.9 Å². The zero-order chi connectivity index (χ0) is 15.6. The molecule has 1 saturated heterocycles. The first kappa shape index (κ1) is 15.5. The minimum Gasteiger partial charge on any atom is -0.481 e. The predicted octanol–water partition coefficient (Wildman–Crippen LogP) is 2.24. The Morgan fingerprint density at radius 1 is 1.52 bits per heavy atom. The van der Waals surface area contributed by atoms with E-state index in [2.05, 4.69) is 5.10 Å². The second-order valence-electron chi connectivity index (χ2n) is 5.81. The first-order valence-electron chi connectivity index (χ1n) is 7.52. The van der Waals surface area contributed by atoms with Crippen LogP contribution in [0, 0.1) is 5.92 Å². The van der Waals surface area contributed by atoms with Gasteiger partial charge in [0.2, 0.25) is 5.91 Å². The van der Waals surface area contributed by atoms with Gasteiger partial charge in [0.15, 0.2) is 0 Å². The van der Waals surface area contributed by atoms with E-state index in [9.17, 15) is 14.7 Å². The van der Waals surface area contributed by atoms with Crippen LogP contribution in [0.3, 0.4) is 0 Å². The van der Waals surface area contributed by atoms with E-state index in [1.807, 2.05) is 27.0 Å². The van der Waals surface area contributed by atoms with Gasteiger partial charge in [-0.05, 0) is 33.6 Å². The van der Waals surface area contributed by atoms with Gasteiger partial charge in [0, 0.05) is 30.8 Å². The highest BCUT2D eigenvalue weighted by Gasteiger charge is 2.38. The largest absolute Gasteiger partial charge is 0.481 e. The molecule has 21 heavy (non-hydrogen) atoms. The number of carbonyl (C=O) groups is 2. The highest BCUT2D eigenvalue weighted by molar-refractivity contribution is 5.79. The summed E-state index contributed by atoms with van der Waals surface area (Å²) in [6, 6.07) is -0.214. The van der Waals surface area contributed by atoms with Gasteiger partial charge < -0.3 is 10.0 Å². The Hall–Kier alpha value is -1.85. The Bertz CT molecular complexity index is 522. The van der Waals surface area contributed by atoms with E-state index in [1.165, 1.54) is 0 Å². The van der Waals surface area contributed by atoms with E-state index in [0.29, 0.717) is 25.8 Å². The number of carboxylic acid groups (broad SMARTS) is 1. The fourth-order valence-corrected chi connectivity index (χ4v) is 2.98. The zero-order valence-corrected chi connectivity index (χ0v) is 12.8. The first-order chi connectivity index (χ1) is 9.95. The highest BCUT2D eigenvalue weighted by atomic mass is 16.4. The van der Waals surface area contributed by atoms with Crippen molar-refractivity contribution < 1.29 is 14.7 Å². The van der Waals surface area contributed by atoms with Crippen LogP contribution in [0.25, 0.3) is 0 Å².